The number of hydrogen-bond acceptors (Lipinski definition) is 7. The molecule has 3 N–H and O–H groups in total. The van der Waals surface area contributed by atoms with E-state index in [1.165, 1.54) is 12.1 Å². The molecule has 2 amide bonds. The average Bonchev–Trinajstić information content (AvgIpc) is 3.36. The zero-order chi connectivity index (χ0) is 33.3. The summed E-state index contributed by atoms with van der Waals surface area (Å²) in [5.41, 5.74) is 3.48. The second kappa shape index (κ2) is 12.8. The molecular weight excluding hydrogens is 626 g/mol. The first-order valence-electron chi connectivity index (χ1n) is 15.2. The standard InChI is InChI=1S/C34H34F2N6O4S/c1-3-37-30(43)14-9-24-19-28-27(20-29(24)47(45,46)42-21-34(35,36)22-42)31(33(44)39-28)32(23-7-5-4-6-8-23)38-25-10-12-26(13-11-25)41-17-15-40(2)16-18-41/h4-8,10-13,19-20,38H,3,15-18,21-22H2,1-2H3,(H,37,43)(H,39,44)/b32-31-. The second-order valence-electron chi connectivity index (χ2n) is 11.7. The molecule has 3 aliphatic heterocycles. The average molecular weight is 661 g/mol. The number of hydrogen-bond donors (Lipinski definition) is 3. The lowest BCUT2D eigenvalue weighted by Gasteiger charge is -2.37. The molecule has 0 unspecified atom stereocenters. The lowest BCUT2D eigenvalue weighted by atomic mass is 9.99. The number of rotatable bonds is 7. The maximum absolute atomic E-state index is 13.8. The van der Waals surface area contributed by atoms with Gasteiger partial charge in [-0.1, -0.05) is 36.3 Å². The Bertz CT molecular complexity index is 1910. The van der Waals surface area contributed by atoms with Gasteiger partial charge < -0.3 is 25.8 Å². The fourth-order valence-electron chi connectivity index (χ4n) is 5.71. The van der Waals surface area contributed by atoms with Crippen LogP contribution in [-0.2, 0) is 19.6 Å². The largest absolute Gasteiger partial charge is 0.369 e. The van der Waals surface area contributed by atoms with Crippen LogP contribution in [0, 0.1) is 11.8 Å². The Labute approximate surface area is 272 Å². The van der Waals surface area contributed by atoms with E-state index in [1.54, 1.807) is 6.92 Å². The van der Waals surface area contributed by atoms with Crippen molar-refractivity contribution in [3.05, 3.63) is 83.4 Å². The smallest absolute Gasteiger partial charge is 0.296 e. The Balaban J connectivity index is 1.44. The van der Waals surface area contributed by atoms with Crippen molar-refractivity contribution in [2.24, 2.45) is 0 Å². The molecule has 0 saturated carbocycles. The SMILES string of the molecule is CCNC(=O)C#Cc1cc2c(cc1S(=O)(=O)N1CC(F)(F)C1)/C(=C(/Nc1ccc(N3CCN(C)CC3)cc1)c1ccccc1)C(=O)N2. The third-order valence-electron chi connectivity index (χ3n) is 8.26. The summed E-state index contributed by atoms with van der Waals surface area (Å²) in [5, 5.41) is 8.69. The van der Waals surface area contributed by atoms with Crippen LogP contribution in [0.25, 0.3) is 11.3 Å². The van der Waals surface area contributed by atoms with Crippen molar-refractivity contribution in [1.29, 1.82) is 0 Å². The summed E-state index contributed by atoms with van der Waals surface area (Å²) >= 11 is 0. The van der Waals surface area contributed by atoms with E-state index in [0.717, 1.165) is 31.9 Å². The number of carbonyl (C=O) groups excluding carboxylic acids is 2. The molecule has 244 valence electrons. The van der Waals surface area contributed by atoms with E-state index in [4.69, 9.17) is 0 Å². The molecule has 0 spiro atoms. The minimum absolute atomic E-state index is 0.0968. The highest BCUT2D eigenvalue weighted by atomic mass is 32.2. The van der Waals surface area contributed by atoms with Crippen LogP contribution >= 0.6 is 0 Å². The highest BCUT2D eigenvalue weighted by Crippen LogP contribution is 2.42. The van der Waals surface area contributed by atoms with E-state index in [-0.39, 0.29) is 27.3 Å². The minimum atomic E-state index is -4.47. The molecule has 3 heterocycles. The Morgan fingerprint density at radius 2 is 1.68 bits per heavy atom. The molecule has 2 fully saturated rings. The highest BCUT2D eigenvalue weighted by molar-refractivity contribution is 7.89. The van der Waals surface area contributed by atoms with Crippen molar-refractivity contribution >= 4 is 50.2 Å². The monoisotopic (exact) mass is 660 g/mol. The van der Waals surface area contributed by atoms with Crippen LogP contribution in [0.5, 0.6) is 0 Å². The molecule has 3 aromatic rings. The molecule has 6 rings (SSSR count). The highest BCUT2D eigenvalue weighted by Gasteiger charge is 2.50. The zero-order valence-corrected chi connectivity index (χ0v) is 26.8. The van der Waals surface area contributed by atoms with Crippen molar-refractivity contribution in [3.63, 3.8) is 0 Å². The van der Waals surface area contributed by atoms with Gasteiger partial charge in [0.15, 0.2) is 0 Å². The van der Waals surface area contributed by atoms with Gasteiger partial charge in [0.05, 0.1) is 34.9 Å². The number of carbonyl (C=O) groups is 2. The number of piperazine rings is 1. The van der Waals surface area contributed by atoms with Crippen LogP contribution in [-0.4, -0.2) is 88.2 Å². The Hall–Kier alpha value is -4.77. The van der Waals surface area contributed by atoms with Crippen molar-refractivity contribution in [2.45, 2.75) is 17.7 Å². The van der Waals surface area contributed by atoms with Crippen LogP contribution in [0.3, 0.4) is 0 Å². The number of fused-ring (bicyclic) bond motifs is 1. The Morgan fingerprint density at radius 3 is 2.32 bits per heavy atom. The minimum Gasteiger partial charge on any atom is -0.369 e. The molecule has 0 bridgehead atoms. The molecule has 0 radical (unpaired) electrons. The van der Waals surface area contributed by atoms with E-state index in [9.17, 15) is 26.8 Å². The predicted molar refractivity (Wildman–Crippen MR) is 177 cm³/mol. The number of nitrogens with zero attached hydrogens (tertiary/aromatic N) is 3. The van der Waals surface area contributed by atoms with E-state index in [1.807, 2.05) is 54.6 Å². The van der Waals surface area contributed by atoms with Gasteiger partial charge in [-0.3, -0.25) is 9.59 Å². The number of benzene rings is 3. The first-order valence-corrected chi connectivity index (χ1v) is 16.7. The lowest BCUT2D eigenvalue weighted by Crippen LogP contribution is -2.58. The number of anilines is 3. The number of alkyl halides is 2. The fraction of sp³-hybridized carbons (Fsp3) is 0.294. The van der Waals surface area contributed by atoms with Crippen molar-refractivity contribution in [2.75, 3.05) is 68.4 Å². The zero-order valence-electron chi connectivity index (χ0n) is 25.9. The third-order valence-corrected chi connectivity index (χ3v) is 10.1. The Morgan fingerprint density at radius 1 is 1.00 bits per heavy atom. The van der Waals surface area contributed by atoms with Crippen LogP contribution in [0.4, 0.5) is 25.8 Å². The molecule has 47 heavy (non-hydrogen) atoms. The van der Waals surface area contributed by atoms with Crippen LogP contribution in [0.1, 0.15) is 23.6 Å². The van der Waals surface area contributed by atoms with Gasteiger partial charge >= 0.3 is 0 Å². The molecule has 2 saturated heterocycles. The quantitative estimate of drug-likeness (QED) is 0.263. The molecule has 0 atom stereocenters. The summed E-state index contributed by atoms with van der Waals surface area (Å²) in [6.07, 6.45) is 0. The number of sulfonamides is 1. The topological polar surface area (TPSA) is 114 Å². The van der Waals surface area contributed by atoms with Crippen molar-refractivity contribution in [3.8, 4) is 11.8 Å². The van der Waals surface area contributed by atoms with Crippen LogP contribution in [0.2, 0.25) is 0 Å². The van der Waals surface area contributed by atoms with E-state index in [2.05, 4.69) is 44.6 Å². The molecule has 3 aromatic carbocycles. The summed E-state index contributed by atoms with van der Waals surface area (Å²) in [5.74, 6) is 0.657. The summed E-state index contributed by atoms with van der Waals surface area (Å²) in [4.78, 5) is 30.0. The number of nitrogens with one attached hydrogen (secondary N) is 3. The number of likely N-dealkylation sites (N-methyl/N-ethyl adjacent to an activating group) is 1. The van der Waals surface area contributed by atoms with Gasteiger partial charge in [0, 0.05) is 61.1 Å². The Kier molecular flexibility index (Phi) is 8.76. The second-order valence-corrected chi connectivity index (χ2v) is 13.6. The maximum atomic E-state index is 13.8. The van der Waals surface area contributed by atoms with Crippen LogP contribution in [0.15, 0.2) is 71.6 Å². The van der Waals surface area contributed by atoms with Gasteiger partial charge in [0.1, 0.15) is 0 Å². The summed E-state index contributed by atoms with van der Waals surface area (Å²) in [6, 6.07) is 19.6. The van der Waals surface area contributed by atoms with E-state index in [0.29, 0.717) is 27.8 Å². The summed E-state index contributed by atoms with van der Waals surface area (Å²) in [7, 11) is -2.37. The van der Waals surface area contributed by atoms with Crippen molar-refractivity contribution < 1.29 is 26.8 Å². The molecular formula is C34H34F2N6O4S. The normalized spacial score (nSPS) is 18.7. The lowest BCUT2D eigenvalue weighted by molar-refractivity contribution is -0.115. The van der Waals surface area contributed by atoms with E-state index >= 15 is 0 Å². The van der Waals surface area contributed by atoms with Gasteiger partial charge in [-0.05, 0) is 55.9 Å². The first-order chi connectivity index (χ1) is 22.4. The molecule has 13 heteroatoms. The number of halogens is 2. The number of amides is 2. The predicted octanol–water partition coefficient (Wildman–Crippen LogP) is 3.50. The van der Waals surface area contributed by atoms with Gasteiger partial charge in [0.2, 0.25) is 10.0 Å². The maximum Gasteiger partial charge on any atom is 0.296 e. The summed E-state index contributed by atoms with van der Waals surface area (Å²) < 4.78 is 55.6. The van der Waals surface area contributed by atoms with E-state index < -0.39 is 40.8 Å². The van der Waals surface area contributed by atoms with Crippen LogP contribution < -0.4 is 20.9 Å². The molecule has 0 aliphatic carbocycles. The van der Waals surface area contributed by atoms with Gasteiger partial charge in [0.25, 0.3) is 17.7 Å². The molecule has 10 nitrogen and oxygen atoms in total. The fourth-order valence-corrected chi connectivity index (χ4v) is 7.36. The van der Waals surface area contributed by atoms with Gasteiger partial charge in [-0.25, -0.2) is 17.2 Å². The van der Waals surface area contributed by atoms with Gasteiger partial charge in [-0.15, -0.1) is 0 Å². The third kappa shape index (κ3) is 6.71. The first kappa shape index (κ1) is 32.2. The molecule has 3 aliphatic rings. The van der Waals surface area contributed by atoms with Crippen molar-refractivity contribution in [1.82, 2.24) is 14.5 Å². The summed E-state index contributed by atoms with van der Waals surface area (Å²) in [6.45, 7) is 3.83. The van der Waals surface area contributed by atoms with Gasteiger partial charge in [-0.2, -0.15) is 4.31 Å². The molecule has 0 aromatic heterocycles.